The summed E-state index contributed by atoms with van der Waals surface area (Å²) in [7, 11) is 0. The summed E-state index contributed by atoms with van der Waals surface area (Å²) in [5.41, 5.74) is 0.707. The number of carboxylic acid groups (broad SMARTS) is 1. The van der Waals surface area contributed by atoms with E-state index in [2.05, 4.69) is 10.2 Å². The minimum absolute atomic E-state index is 0.0122. The standard InChI is InChI=1S/C11H15N3O3/c1-7-3-5-14(10(7)11(16)17)9(15)6-8-2-4-12-13-8/h2,4,7,10H,3,5-6H2,1H3,(H,12,13)(H,16,17). The van der Waals surface area contributed by atoms with Crippen molar-refractivity contribution in [1.29, 1.82) is 0 Å². The van der Waals surface area contributed by atoms with Gasteiger partial charge >= 0.3 is 5.97 Å². The van der Waals surface area contributed by atoms with Gasteiger partial charge in [-0.1, -0.05) is 6.92 Å². The van der Waals surface area contributed by atoms with Gasteiger partial charge in [0.05, 0.1) is 6.42 Å². The van der Waals surface area contributed by atoms with E-state index >= 15 is 0 Å². The molecule has 0 aromatic carbocycles. The number of carbonyl (C=O) groups is 2. The molecular weight excluding hydrogens is 222 g/mol. The highest BCUT2D eigenvalue weighted by Crippen LogP contribution is 2.24. The Morgan fingerprint density at radius 1 is 1.65 bits per heavy atom. The van der Waals surface area contributed by atoms with Gasteiger partial charge in [-0.3, -0.25) is 9.89 Å². The third kappa shape index (κ3) is 2.30. The molecule has 1 fully saturated rings. The summed E-state index contributed by atoms with van der Waals surface area (Å²) in [6, 6.07) is 1.03. The highest BCUT2D eigenvalue weighted by molar-refractivity contribution is 5.85. The minimum Gasteiger partial charge on any atom is -0.480 e. The number of H-pyrrole nitrogens is 1. The van der Waals surface area contributed by atoms with Crippen LogP contribution in [0.5, 0.6) is 0 Å². The first kappa shape index (κ1) is 11.6. The Labute approximate surface area is 98.6 Å². The Morgan fingerprint density at radius 2 is 2.41 bits per heavy atom. The number of aliphatic carboxylic acids is 1. The Hall–Kier alpha value is -1.85. The van der Waals surface area contributed by atoms with Crippen LogP contribution in [0.25, 0.3) is 0 Å². The van der Waals surface area contributed by atoms with Crippen LogP contribution in [0.1, 0.15) is 19.0 Å². The smallest absolute Gasteiger partial charge is 0.326 e. The highest BCUT2D eigenvalue weighted by atomic mass is 16.4. The first-order valence-electron chi connectivity index (χ1n) is 5.60. The Balaban J connectivity index is 2.06. The number of carbonyl (C=O) groups excluding carboxylic acids is 1. The molecule has 2 N–H and O–H groups in total. The molecule has 17 heavy (non-hydrogen) atoms. The van der Waals surface area contributed by atoms with Crippen molar-refractivity contribution in [2.75, 3.05) is 6.54 Å². The molecule has 1 amide bonds. The zero-order valence-electron chi connectivity index (χ0n) is 9.59. The Kier molecular flexibility index (Phi) is 3.12. The van der Waals surface area contributed by atoms with Crippen LogP contribution in [-0.2, 0) is 16.0 Å². The number of likely N-dealkylation sites (tertiary alicyclic amines) is 1. The maximum atomic E-state index is 12.0. The van der Waals surface area contributed by atoms with Crippen LogP contribution >= 0.6 is 0 Å². The summed E-state index contributed by atoms with van der Waals surface area (Å²) < 4.78 is 0. The first-order chi connectivity index (χ1) is 8.09. The zero-order chi connectivity index (χ0) is 12.4. The lowest BCUT2D eigenvalue weighted by Crippen LogP contribution is -2.43. The maximum absolute atomic E-state index is 12.0. The molecule has 0 saturated carbocycles. The lowest BCUT2D eigenvalue weighted by molar-refractivity contribution is -0.149. The van der Waals surface area contributed by atoms with E-state index < -0.39 is 12.0 Å². The van der Waals surface area contributed by atoms with Crippen molar-refractivity contribution >= 4 is 11.9 Å². The maximum Gasteiger partial charge on any atom is 0.326 e. The number of aromatic nitrogens is 2. The Morgan fingerprint density at radius 3 is 3.00 bits per heavy atom. The van der Waals surface area contributed by atoms with Gasteiger partial charge in [0.2, 0.25) is 5.91 Å². The second kappa shape index (κ2) is 4.57. The molecule has 6 heteroatoms. The van der Waals surface area contributed by atoms with Crippen molar-refractivity contribution in [2.24, 2.45) is 5.92 Å². The first-order valence-corrected chi connectivity index (χ1v) is 5.60. The normalized spacial score (nSPS) is 23.9. The van der Waals surface area contributed by atoms with Gasteiger partial charge in [-0.25, -0.2) is 4.79 Å². The van der Waals surface area contributed by atoms with E-state index in [0.29, 0.717) is 12.2 Å². The third-order valence-electron chi connectivity index (χ3n) is 3.17. The third-order valence-corrected chi connectivity index (χ3v) is 3.17. The van der Waals surface area contributed by atoms with Crippen LogP contribution in [-0.4, -0.2) is 44.7 Å². The number of hydrogen-bond acceptors (Lipinski definition) is 3. The molecular formula is C11H15N3O3. The van der Waals surface area contributed by atoms with Crippen LogP contribution in [0.15, 0.2) is 12.3 Å². The number of nitrogens with zero attached hydrogens (tertiary/aromatic N) is 2. The summed E-state index contributed by atoms with van der Waals surface area (Å²) in [6.45, 7) is 2.38. The average Bonchev–Trinajstić information content (AvgIpc) is 2.86. The number of amides is 1. The molecule has 1 aromatic rings. The summed E-state index contributed by atoms with van der Waals surface area (Å²) in [5.74, 6) is -1.07. The quantitative estimate of drug-likeness (QED) is 0.790. The number of hydrogen-bond donors (Lipinski definition) is 2. The molecule has 6 nitrogen and oxygen atoms in total. The van der Waals surface area contributed by atoms with Crippen molar-refractivity contribution in [2.45, 2.75) is 25.8 Å². The van der Waals surface area contributed by atoms with Crippen LogP contribution in [0.4, 0.5) is 0 Å². The molecule has 1 aliphatic heterocycles. The largest absolute Gasteiger partial charge is 0.480 e. The predicted octanol–water partition coefficient (Wildman–Crippen LogP) is 0.274. The Bertz CT molecular complexity index is 416. The SMILES string of the molecule is CC1CCN(C(=O)Cc2ccn[nH]2)C1C(=O)O. The summed E-state index contributed by atoms with van der Waals surface area (Å²) in [6.07, 6.45) is 2.49. The summed E-state index contributed by atoms with van der Waals surface area (Å²) in [4.78, 5) is 24.6. The van der Waals surface area contributed by atoms with Crippen molar-refractivity contribution in [1.82, 2.24) is 15.1 Å². The van der Waals surface area contributed by atoms with E-state index in [0.717, 1.165) is 6.42 Å². The molecule has 0 spiro atoms. The predicted molar refractivity (Wildman–Crippen MR) is 59.2 cm³/mol. The number of aromatic amines is 1. The molecule has 2 unspecified atom stereocenters. The fourth-order valence-electron chi connectivity index (χ4n) is 2.25. The monoisotopic (exact) mass is 237 g/mol. The van der Waals surface area contributed by atoms with E-state index in [1.807, 2.05) is 6.92 Å². The van der Waals surface area contributed by atoms with E-state index in [1.54, 1.807) is 12.3 Å². The van der Waals surface area contributed by atoms with Crippen LogP contribution in [0.3, 0.4) is 0 Å². The van der Waals surface area contributed by atoms with E-state index in [4.69, 9.17) is 5.11 Å². The van der Waals surface area contributed by atoms with Gasteiger partial charge in [0.25, 0.3) is 0 Å². The molecule has 92 valence electrons. The average molecular weight is 237 g/mol. The molecule has 1 aromatic heterocycles. The lowest BCUT2D eigenvalue weighted by atomic mass is 10.0. The molecule has 0 aliphatic carbocycles. The lowest BCUT2D eigenvalue weighted by Gasteiger charge is -2.23. The van der Waals surface area contributed by atoms with Gasteiger partial charge in [0.15, 0.2) is 0 Å². The molecule has 1 aliphatic rings. The van der Waals surface area contributed by atoms with Gasteiger partial charge in [0, 0.05) is 18.4 Å². The van der Waals surface area contributed by atoms with Gasteiger partial charge in [0.1, 0.15) is 6.04 Å². The van der Waals surface area contributed by atoms with E-state index in [-0.39, 0.29) is 18.2 Å². The van der Waals surface area contributed by atoms with Gasteiger partial charge < -0.3 is 10.0 Å². The second-order valence-electron chi connectivity index (χ2n) is 4.39. The van der Waals surface area contributed by atoms with Crippen LogP contribution in [0, 0.1) is 5.92 Å². The van der Waals surface area contributed by atoms with Gasteiger partial charge in [-0.2, -0.15) is 5.10 Å². The van der Waals surface area contributed by atoms with Gasteiger partial charge in [-0.15, -0.1) is 0 Å². The number of rotatable bonds is 3. The van der Waals surface area contributed by atoms with Crippen molar-refractivity contribution in [3.8, 4) is 0 Å². The van der Waals surface area contributed by atoms with Crippen molar-refractivity contribution in [3.05, 3.63) is 18.0 Å². The number of nitrogens with one attached hydrogen (secondary N) is 1. The van der Waals surface area contributed by atoms with Crippen LogP contribution < -0.4 is 0 Å². The molecule has 0 radical (unpaired) electrons. The van der Waals surface area contributed by atoms with Crippen molar-refractivity contribution < 1.29 is 14.7 Å². The van der Waals surface area contributed by atoms with Crippen LogP contribution in [0.2, 0.25) is 0 Å². The van der Waals surface area contributed by atoms with Gasteiger partial charge in [-0.05, 0) is 18.4 Å². The molecule has 2 atom stereocenters. The summed E-state index contributed by atoms with van der Waals surface area (Å²) >= 11 is 0. The fraction of sp³-hybridized carbons (Fsp3) is 0.545. The zero-order valence-corrected chi connectivity index (χ0v) is 9.59. The van der Waals surface area contributed by atoms with Crippen molar-refractivity contribution in [3.63, 3.8) is 0 Å². The molecule has 0 bridgehead atoms. The second-order valence-corrected chi connectivity index (χ2v) is 4.39. The highest BCUT2D eigenvalue weighted by Gasteiger charge is 2.39. The van der Waals surface area contributed by atoms with E-state index in [9.17, 15) is 9.59 Å². The number of carboxylic acids is 1. The summed E-state index contributed by atoms with van der Waals surface area (Å²) in [5, 5.41) is 15.6. The fourth-order valence-corrected chi connectivity index (χ4v) is 2.25. The topological polar surface area (TPSA) is 86.3 Å². The van der Waals surface area contributed by atoms with E-state index in [1.165, 1.54) is 4.90 Å². The minimum atomic E-state index is -0.923. The molecule has 2 heterocycles. The molecule has 2 rings (SSSR count). The molecule has 1 saturated heterocycles.